The van der Waals surface area contributed by atoms with Gasteiger partial charge in [-0.2, -0.15) is 0 Å². The molecule has 1 fully saturated rings. The van der Waals surface area contributed by atoms with Crippen molar-refractivity contribution in [2.24, 2.45) is 4.99 Å². The Bertz CT molecular complexity index is 877. The molecule has 6 heteroatoms. The lowest BCUT2D eigenvalue weighted by Gasteiger charge is -2.21. The SMILES string of the molecule is O=S(=O)(NC1=NC2CCCCC2S1)c1ccc2ccccc2c1. The Kier molecular flexibility index (Phi) is 3.81. The summed E-state index contributed by atoms with van der Waals surface area (Å²) in [5.74, 6) is 0. The molecule has 120 valence electrons. The first-order valence-corrected chi connectivity index (χ1v) is 10.2. The third-order valence-electron chi connectivity index (χ3n) is 4.47. The number of nitrogens with zero attached hydrogens (tertiary/aromatic N) is 1. The monoisotopic (exact) mass is 346 g/mol. The van der Waals surface area contributed by atoms with Gasteiger partial charge in [0.25, 0.3) is 10.0 Å². The summed E-state index contributed by atoms with van der Waals surface area (Å²) in [6.07, 6.45) is 4.60. The van der Waals surface area contributed by atoms with Gasteiger partial charge in [-0.3, -0.25) is 9.71 Å². The Morgan fingerprint density at radius 1 is 1.04 bits per heavy atom. The molecule has 0 spiro atoms. The largest absolute Gasteiger partial charge is 0.263 e. The van der Waals surface area contributed by atoms with Crippen molar-refractivity contribution in [2.45, 2.75) is 41.9 Å². The fourth-order valence-corrected chi connectivity index (χ4v) is 5.82. The van der Waals surface area contributed by atoms with Crippen molar-refractivity contribution >= 4 is 37.7 Å². The molecule has 0 radical (unpaired) electrons. The van der Waals surface area contributed by atoms with Crippen molar-refractivity contribution in [3.63, 3.8) is 0 Å². The van der Waals surface area contributed by atoms with E-state index in [9.17, 15) is 8.42 Å². The molecule has 1 N–H and O–H groups in total. The zero-order valence-electron chi connectivity index (χ0n) is 12.6. The number of hydrogen-bond donors (Lipinski definition) is 1. The minimum atomic E-state index is -3.58. The van der Waals surface area contributed by atoms with Crippen molar-refractivity contribution in [1.82, 2.24) is 4.72 Å². The zero-order valence-corrected chi connectivity index (χ0v) is 14.2. The van der Waals surface area contributed by atoms with Crippen LogP contribution in [0.1, 0.15) is 25.7 Å². The molecule has 2 aromatic rings. The summed E-state index contributed by atoms with van der Waals surface area (Å²) in [6, 6.07) is 13.2. The van der Waals surface area contributed by atoms with Crippen LogP contribution in [0.25, 0.3) is 10.8 Å². The van der Waals surface area contributed by atoms with E-state index in [0.29, 0.717) is 10.4 Å². The van der Waals surface area contributed by atoms with Crippen LogP contribution in [0.5, 0.6) is 0 Å². The summed E-state index contributed by atoms with van der Waals surface area (Å²) in [5, 5.41) is 2.95. The standard InChI is InChI=1S/C17H18N2O2S2/c20-23(21,14-10-9-12-5-1-2-6-13(12)11-14)19-17-18-15-7-3-4-8-16(15)22-17/h1-2,5-6,9-11,15-16H,3-4,7-8H2,(H,18,19). The highest BCUT2D eigenvalue weighted by Gasteiger charge is 2.33. The van der Waals surface area contributed by atoms with Crippen LogP contribution < -0.4 is 4.72 Å². The summed E-state index contributed by atoms with van der Waals surface area (Å²) in [7, 11) is -3.58. The van der Waals surface area contributed by atoms with Gasteiger partial charge in [0.15, 0.2) is 5.17 Å². The van der Waals surface area contributed by atoms with Crippen molar-refractivity contribution < 1.29 is 8.42 Å². The Hall–Kier alpha value is -1.53. The summed E-state index contributed by atoms with van der Waals surface area (Å²) in [6.45, 7) is 0. The summed E-state index contributed by atoms with van der Waals surface area (Å²) in [4.78, 5) is 4.86. The van der Waals surface area contributed by atoms with E-state index >= 15 is 0 Å². The maximum absolute atomic E-state index is 12.6. The number of nitrogens with one attached hydrogen (secondary N) is 1. The first-order chi connectivity index (χ1) is 11.1. The van der Waals surface area contributed by atoms with E-state index < -0.39 is 10.0 Å². The molecule has 0 aromatic heterocycles. The Balaban J connectivity index is 1.59. The molecule has 2 atom stereocenters. The number of aliphatic imine (C=N–C) groups is 1. The molecule has 1 saturated carbocycles. The topological polar surface area (TPSA) is 58.5 Å². The van der Waals surface area contributed by atoms with Crippen molar-refractivity contribution in [1.29, 1.82) is 0 Å². The minimum absolute atomic E-state index is 0.281. The van der Waals surface area contributed by atoms with E-state index in [0.717, 1.165) is 23.6 Å². The fraction of sp³-hybridized carbons (Fsp3) is 0.353. The van der Waals surface area contributed by atoms with E-state index in [1.54, 1.807) is 23.9 Å². The summed E-state index contributed by atoms with van der Waals surface area (Å²) < 4.78 is 27.9. The number of benzene rings is 2. The van der Waals surface area contributed by atoms with Gasteiger partial charge in [0.1, 0.15) is 0 Å². The first kappa shape index (κ1) is 15.0. The summed E-state index contributed by atoms with van der Waals surface area (Å²) in [5.41, 5.74) is 0. The van der Waals surface area contributed by atoms with Gasteiger partial charge in [0.05, 0.1) is 10.9 Å². The average molecular weight is 346 g/mol. The lowest BCUT2D eigenvalue weighted by Crippen LogP contribution is -2.27. The lowest BCUT2D eigenvalue weighted by atomic mass is 9.96. The Labute approximate surface area is 140 Å². The third-order valence-corrected chi connectivity index (χ3v) is 7.22. The van der Waals surface area contributed by atoms with Crippen LogP contribution in [-0.4, -0.2) is 24.9 Å². The third kappa shape index (κ3) is 2.97. The van der Waals surface area contributed by atoms with Crippen molar-refractivity contribution in [2.75, 3.05) is 0 Å². The van der Waals surface area contributed by atoms with E-state index in [-0.39, 0.29) is 10.9 Å². The second-order valence-corrected chi connectivity index (χ2v) is 8.97. The van der Waals surface area contributed by atoms with Crippen LogP contribution >= 0.6 is 11.8 Å². The van der Waals surface area contributed by atoms with Gasteiger partial charge in [-0.25, -0.2) is 8.42 Å². The van der Waals surface area contributed by atoms with Crippen LogP contribution in [-0.2, 0) is 10.0 Å². The number of amidine groups is 1. The quantitative estimate of drug-likeness (QED) is 0.905. The molecule has 0 amide bonds. The summed E-state index contributed by atoms with van der Waals surface area (Å²) >= 11 is 1.58. The van der Waals surface area contributed by atoms with Gasteiger partial charge in [0, 0.05) is 5.25 Å². The molecule has 1 heterocycles. The highest BCUT2D eigenvalue weighted by atomic mass is 32.2. The predicted molar refractivity (Wildman–Crippen MR) is 95.3 cm³/mol. The number of sulfonamides is 1. The number of thioether (sulfide) groups is 1. The molecule has 0 saturated heterocycles. The molecule has 4 rings (SSSR count). The maximum Gasteiger partial charge on any atom is 0.263 e. The number of fused-ring (bicyclic) bond motifs is 2. The molecule has 4 nitrogen and oxygen atoms in total. The average Bonchev–Trinajstić information content (AvgIpc) is 2.95. The number of hydrogen-bond acceptors (Lipinski definition) is 4. The molecule has 1 aliphatic carbocycles. The van der Waals surface area contributed by atoms with Gasteiger partial charge in [0.2, 0.25) is 0 Å². The molecule has 2 aromatic carbocycles. The molecular formula is C17H18N2O2S2. The minimum Gasteiger partial charge on any atom is -0.258 e. The second-order valence-electron chi connectivity index (χ2n) is 6.06. The Morgan fingerprint density at radius 3 is 2.65 bits per heavy atom. The Morgan fingerprint density at radius 2 is 1.83 bits per heavy atom. The van der Waals surface area contributed by atoms with E-state index in [4.69, 9.17) is 0 Å². The molecule has 0 bridgehead atoms. The van der Waals surface area contributed by atoms with Crippen LogP contribution in [0, 0.1) is 0 Å². The second kappa shape index (κ2) is 5.83. The van der Waals surface area contributed by atoms with Crippen molar-refractivity contribution in [3.05, 3.63) is 42.5 Å². The van der Waals surface area contributed by atoms with E-state index in [2.05, 4.69) is 9.71 Å². The normalized spacial score (nSPS) is 24.3. The van der Waals surface area contributed by atoms with Crippen LogP contribution in [0.15, 0.2) is 52.4 Å². The zero-order chi connectivity index (χ0) is 15.9. The molecular weight excluding hydrogens is 328 g/mol. The molecule has 2 unspecified atom stereocenters. The molecule has 23 heavy (non-hydrogen) atoms. The van der Waals surface area contributed by atoms with Gasteiger partial charge in [-0.15, -0.1) is 0 Å². The van der Waals surface area contributed by atoms with Crippen LogP contribution in [0.4, 0.5) is 0 Å². The van der Waals surface area contributed by atoms with E-state index in [1.165, 1.54) is 12.8 Å². The smallest absolute Gasteiger partial charge is 0.258 e. The van der Waals surface area contributed by atoms with Crippen LogP contribution in [0.3, 0.4) is 0 Å². The fourth-order valence-electron chi connectivity index (χ4n) is 3.25. The van der Waals surface area contributed by atoms with Gasteiger partial charge in [-0.1, -0.05) is 54.9 Å². The highest BCUT2D eigenvalue weighted by Crippen LogP contribution is 2.36. The van der Waals surface area contributed by atoms with E-state index in [1.807, 2.05) is 30.3 Å². The van der Waals surface area contributed by atoms with Gasteiger partial charge >= 0.3 is 0 Å². The van der Waals surface area contributed by atoms with Crippen molar-refractivity contribution in [3.8, 4) is 0 Å². The molecule has 1 aliphatic heterocycles. The number of rotatable bonds is 2. The van der Waals surface area contributed by atoms with Crippen LogP contribution in [0.2, 0.25) is 0 Å². The van der Waals surface area contributed by atoms with Gasteiger partial charge < -0.3 is 0 Å². The predicted octanol–water partition coefficient (Wildman–Crippen LogP) is 3.53. The first-order valence-electron chi connectivity index (χ1n) is 7.88. The maximum atomic E-state index is 12.6. The molecule has 2 aliphatic rings. The lowest BCUT2D eigenvalue weighted by molar-refractivity contribution is 0.461. The highest BCUT2D eigenvalue weighted by molar-refractivity contribution is 8.15. The van der Waals surface area contributed by atoms with Gasteiger partial charge in [-0.05, 0) is 35.7 Å².